The van der Waals surface area contributed by atoms with E-state index in [1.807, 2.05) is 25.3 Å². The Morgan fingerprint density at radius 2 is 2.08 bits per heavy atom. The summed E-state index contributed by atoms with van der Waals surface area (Å²) in [5.41, 5.74) is 7.19. The summed E-state index contributed by atoms with van der Waals surface area (Å²) in [4.78, 5) is 18.6. The van der Waals surface area contributed by atoms with Crippen molar-refractivity contribution in [2.75, 3.05) is 20.1 Å². The van der Waals surface area contributed by atoms with E-state index in [2.05, 4.69) is 4.98 Å². The number of hydrogen-bond donors (Lipinski definition) is 1. The number of nitrogens with two attached hydrogens (primary N) is 1. The van der Waals surface area contributed by atoms with E-state index in [0.29, 0.717) is 23.1 Å². The number of aromatic nitrogens is 1. The molecule has 0 saturated carbocycles. The molecule has 0 spiro atoms. The van der Waals surface area contributed by atoms with Crippen molar-refractivity contribution >= 4 is 40.4 Å². The molecule has 0 saturated heterocycles. The number of halogens is 2. The van der Waals surface area contributed by atoms with Crippen LogP contribution >= 0.6 is 34.5 Å². The molecule has 4 nitrogen and oxygen atoms in total. The van der Waals surface area contributed by atoms with Crippen molar-refractivity contribution in [3.8, 4) is 10.6 Å². The smallest absolute Gasteiger partial charge is 0.228 e. The lowest BCUT2D eigenvalue weighted by atomic mass is 9.93. The first-order chi connectivity index (χ1) is 11.2. The second-order valence-electron chi connectivity index (χ2n) is 6.56. The van der Waals surface area contributed by atoms with Crippen molar-refractivity contribution in [1.29, 1.82) is 0 Å². The number of hydrogen-bond acceptors (Lipinski definition) is 4. The van der Waals surface area contributed by atoms with Crippen LogP contribution in [0.4, 0.5) is 0 Å². The normalized spacial score (nSPS) is 11.6. The lowest BCUT2D eigenvalue weighted by Gasteiger charge is -2.28. The molecule has 0 unspecified atom stereocenters. The topological polar surface area (TPSA) is 59.2 Å². The Hall–Kier alpha value is -1.14. The van der Waals surface area contributed by atoms with Crippen LogP contribution < -0.4 is 5.73 Å². The van der Waals surface area contributed by atoms with Crippen LogP contribution in [-0.2, 0) is 11.2 Å². The molecule has 0 aliphatic carbocycles. The molecule has 1 amide bonds. The number of thiazole rings is 1. The molecular formula is C17H21Cl2N3OS. The van der Waals surface area contributed by atoms with E-state index in [4.69, 9.17) is 28.9 Å². The number of nitrogens with zero attached hydrogens (tertiary/aromatic N) is 2. The molecular weight excluding hydrogens is 365 g/mol. The van der Waals surface area contributed by atoms with Crippen LogP contribution in [-0.4, -0.2) is 35.9 Å². The minimum atomic E-state index is -0.103. The number of rotatable bonds is 6. The van der Waals surface area contributed by atoms with Gasteiger partial charge in [-0.2, -0.15) is 0 Å². The van der Waals surface area contributed by atoms with E-state index in [0.717, 1.165) is 16.3 Å². The second-order valence-corrected chi connectivity index (χ2v) is 8.26. The lowest BCUT2D eigenvalue weighted by molar-refractivity contribution is -0.130. The third-order valence-electron chi connectivity index (χ3n) is 3.69. The van der Waals surface area contributed by atoms with Gasteiger partial charge in [-0.25, -0.2) is 4.98 Å². The molecule has 2 N–H and O–H groups in total. The minimum absolute atomic E-state index is 0.0237. The van der Waals surface area contributed by atoms with Gasteiger partial charge in [0.15, 0.2) is 0 Å². The molecule has 24 heavy (non-hydrogen) atoms. The molecule has 0 atom stereocenters. The molecule has 2 rings (SSSR count). The van der Waals surface area contributed by atoms with Crippen molar-refractivity contribution in [3.05, 3.63) is 39.3 Å². The molecule has 0 bridgehead atoms. The highest BCUT2D eigenvalue weighted by molar-refractivity contribution is 7.13. The molecule has 1 aromatic carbocycles. The van der Waals surface area contributed by atoms with Gasteiger partial charge in [-0.15, -0.1) is 11.3 Å². The number of likely N-dealkylation sites (N-methyl/N-ethyl adjacent to an activating group) is 1. The number of amides is 1. The van der Waals surface area contributed by atoms with E-state index in [9.17, 15) is 4.79 Å². The highest BCUT2D eigenvalue weighted by Gasteiger charge is 2.22. The number of carbonyl (C=O) groups is 1. The molecule has 0 aliphatic heterocycles. The van der Waals surface area contributed by atoms with E-state index in [-0.39, 0.29) is 17.7 Å². The summed E-state index contributed by atoms with van der Waals surface area (Å²) in [5.74, 6) is 0.0237. The largest absolute Gasteiger partial charge is 0.345 e. The van der Waals surface area contributed by atoms with Crippen LogP contribution in [0.5, 0.6) is 0 Å². The van der Waals surface area contributed by atoms with Crippen molar-refractivity contribution in [2.24, 2.45) is 11.1 Å². The zero-order valence-corrected chi connectivity index (χ0v) is 16.3. The fourth-order valence-corrected chi connectivity index (χ4v) is 3.67. The maximum atomic E-state index is 12.4. The third-order valence-corrected chi connectivity index (χ3v) is 5.16. The lowest BCUT2D eigenvalue weighted by Crippen LogP contribution is -2.40. The molecule has 7 heteroatoms. The quantitative estimate of drug-likeness (QED) is 0.813. The van der Waals surface area contributed by atoms with E-state index in [1.165, 1.54) is 11.3 Å². The highest BCUT2D eigenvalue weighted by Crippen LogP contribution is 2.32. The van der Waals surface area contributed by atoms with Gasteiger partial charge in [-0.1, -0.05) is 37.0 Å². The molecule has 0 fully saturated rings. The highest BCUT2D eigenvalue weighted by atomic mass is 35.5. The van der Waals surface area contributed by atoms with Gasteiger partial charge in [0.25, 0.3) is 0 Å². The molecule has 1 aromatic heterocycles. The summed E-state index contributed by atoms with van der Waals surface area (Å²) in [6.07, 6.45) is 0.263. The van der Waals surface area contributed by atoms with Gasteiger partial charge in [0.05, 0.1) is 17.1 Å². The number of benzene rings is 1. The second kappa shape index (κ2) is 7.83. The zero-order valence-electron chi connectivity index (χ0n) is 14.0. The Balaban J connectivity index is 2.07. The van der Waals surface area contributed by atoms with Gasteiger partial charge < -0.3 is 10.6 Å². The Kier molecular flexibility index (Phi) is 6.26. The maximum Gasteiger partial charge on any atom is 0.228 e. The molecule has 1 heterocycles. The van der Waals surface area contributed by atoms with Gasteiger partial charge in [0.2, 0.25) is 5.91 Å². The predicted molar refractivity (Wildman–Crippen MR) is 102 cm³/mol. The standard InChI is InChI=1S/C17H21Cl2N3OS/c1-17(2,9-20)10-22(3)15(23)7-12-8-24-16(21-12)13-5-4-11(18)6-14(13)19/h4-6,8H,7,9-10,20H2,1-3H3. The first-order valence-corrected chi connectivity index (χ1v) is 9.19. The predicted octanol–water partition coefficient (Wildman–Crippen LogP) is 4.10. The average Bonchev–Trinajstić information content (AvgIpc) is 2.95. The summed E-state index contributed by atoms with van der Waals surface area (Å²) in [6.45, 7) is 5.23. The SMILES string of the molecule is CN(CC(C)(C)CN)C(=O)Cc1csc(-c2ccc(Cl)cc2Cl)n1. The van der Waals surface area contributed by atoms with Crippen molar-refractivity contribution in [2.45, 2.75) is 20.3 Å². The van der Waals surface area contributed by atoms with Gasteiger partial charge in [-0.3, -0.25) is 4.79 Å². The summed E-state index contributed by atoms with van der Waals surface area (Å²) < 4.78 is 0. The van der Waals surface area contributed by atoms with Crippen molar-refractivity contribution in [1.82, 2.24) is 9.88 Å². The minimum Gasteiger partial charge on any atom is -0.345 e. The first kappa shape index (κ1) is 19.2. The van der Waals surface area contributed by atoms with Crippen molar-refractivity contribution < 1.29 is 4.79 Å². The van der Waals surface area contributed by atoms with Crippen LogP contribution in [0, 0.1) is 5.41 Å². The Morgan fingerprint density at radius 1 is 1.38 bits per heavy atom. The summed E-state index contributed by atoms with van der Waals surface area (Å²) >= 11 is 13.6. The Morgan fingerprint density at radius 3 is 2.71 bits per heavy atom. The zero-order chi connectivity index (χ0) is 17.9. The molecule has 130 valence electrons. The third kappa shape index (κ3) is 4.93. The Bertz CT molecular complexity index is 730. The summed E-state index contributed by atoms with van der Waals surface area (Å²) in [6, 6.07) is 5.30. The van der Waals surface area contributed by atoms with Crippen LogP contribution in [0.1, 0.15) is 19.5 Å². The molecule has 2 aromatic rings. The van der Waals surface area contributed by atoms with E-state index in [1.54, 1.807) is 24.1 Å². The maximum absolute atomic E-state index is 12.4. The van der Waals surface area contributed by atoms with Gasteiger partial charge >= 0.3 is 0 Å². The van der Waals surface area contributed by atoms with Crippen LogP contribution in [0.3, 0.4) is 0 Å². The average molecular weight is 386 g/mol. The number of carbonyl (C=O) groups excluding carboxylic acids is 1. The van der Waals surface area contributed by atoms with Crippen molar-refractivity contribution in [3.63, 3.8) is 0 Å². The van der Waals surface area contributed by atoms with Crippen LogP contribution in [0.25, 0.3) is 10.6 Å². The first-order valence-electron chi connectivity index (χ1n) is 7.56. The fourth-order valence-electron chi connectivity index (χ4n) is 2.26. The van der Waals surface area contributed by atoms with E-state index < -0.39 is 0 Å². The van der Waals surface area contributed by atoms with E-state index >= 15 is 0 Å². The van der Waals surface area contributed by atoms with Crippen LogP contribution in [0.2, 0.25) is 10.0 Å². The van der Waals surface area contributed by atoms with Gasteiger partial charge in [0, 0.05) is 29.6 Å². The molecule has 0 aliphatic rings. The summed E-state index contributed by atoms with van der Waals surface area (Å²) in [5, 5.41) is 3.81. The summed E-state index contributed by atoms with van der Waals surface area (Å²) in [7, 11) is 1.79. The monoisotopic (exact) mass is 385 g/mol. The molecule has 0 radical (unpaired) electrons. The van der Waals surface area contributed by atoms with Crippen LogP contribution in [0.15, 0.2) is 23.6 Å². The Labute approximate surface area is 156 Å². The fraction of sp³-hybridized carbons (Fsp3) is 0.412. The van der Waals surface area contributed by atoms with Gasteiger partial charge in [-0.05, 0) is 30.2 Å². The van der Waals surface area contributed by atoms with Gasteiger partial charge in [0.1, 0.15) is 5.01 Å².